The number of hydrogen-bond acceptors (Lipinski definition) is 2. The molecule has 1 aromatic rings. The van der Waals surface area contributed by atoms with Gasteiger partial charge in [0.15, 0.2) is 5.78 Å². The molecule has 1 rings (SSSR count). The highest BCUT2D eigenvalue weighted by Crippen LogP contribution is 2.11. The van der Waals surface area contributed by atoms with Crippen molar-refractivity contribution < 1.29 is 14.7 Å². The largest absolute Gasteiger partial charge is 0.481 e. The molecule has 0 aliphatic heterocycles. The average molecular weight is 234 g/mol. The zero-order valence-corrected chi connectivity index (χ0v) is 10.3. The second kappa shape index (κ2) is 6.18. The number of ketones is 1. The molecule has 0 aromatic heterocycles. The first-order chi connectivity index (χ1) is 8.00. The second-order valence-electron chi connectivity index (χ2n) is 4.46. The Morgan fingerprint density at radius 3 is 2.24 bits per heavy atom. The van der Waals surface area contributed by atoms with Gasteiger partial charge in [0, 0.05) is 17.9 Å². The van der Waals surface area contributed by atoms with Crippen LogP contribution in [0.3, 0.4) is 0 Å². The maximum absolute atomic E-state index is 11.7. The molecule has 92 valence electrons. The van der Waals surface area contributed by atoms with Gasteiger partial charge in [-0.1, -0.05) is 38.1 Å². The number of carboxylic acid groups (broad SMARTS) is 1. The number of carboxylic acids is 1. The fraction of sp³-hybridized carbons (Fsp3) is 0.429. The molecule has 0 spiro atoms. The third-order valence-corrected chi connectivity index (χ3v) is 2.62. The van der Waals surface area contributed by atoms with E-state index in [-0.39, 0.29) is 18.1 Å². The van der Waals surface area contributed by atoms with E-state index in [2.05, 4.69) is 0 Å². The van der Waals surface area contributed by atoms with Crippen molar-refractivity contribution in [2.75, 3.05) is 0 Å². The lowest BCUT2D eigenvalue weighted by molar-refractivity contribution is -0.137. The van der Waals surface area contributed by atoms with Crippen molar-refractivity contribution in [2.24, 2.45) is 5.92 Å². The van der Waals surface area contributed by atoms with E-state index in [1.54, 1.807) is 0 Å². The molecular formula is C14H18O3. The van der Waals surface area contributed by atoms with Gasteiger partial charge in [-0.3, -0.25) is 9.59 Å². The summed E-state index contributed by atoms with van der Waals surface area (Å²) >= 11 is 0. The number of aryl methyl sites for hydroxylation is 1. The van der Waals surface area contributed by atoms with Gasteiger partial charge < -0.3 is 5.11 Å². The number of carbonyl (C=O) groups excluding carboxylic acids is 1. The molecule has 0 unspecified atom stereocenters. The first kappa shape index (κ1) is 13.4. The van der Waals surface area contributed by atoms with Crippen molar-refractivity contribution in [2.45, 2.75) is 33.1 Å². The van der Waals surface area contributed by atoms with E-state index in [9.17, 15) is 9.59 Å². The molecule has 1 aromatic carbocycles. The first-order valence-corrected chi connectivity index (χ1v) is 5.85. The zero-order valence-electron chi connectivity index (χ0n) is 10.3. The predicted octanol–water partition coefficient (Wildman–Crippen LogP) is 2.93. The Morgan fingerprint density at radius 1 is 1.18 bits per heavy atom. The minimum Gasteiger partial charge on any atom is -0.481 e. The Labute approximate surface area is 101 Å². The molecule has 1 N–H and O–H groups in total. The molecule has 3 nitrogen and oxygen atoms in total. The van der Waals surface area contributed by atoms with E-state index in [1.165, 1.54) is 0 Å². The first-order valence-electron chi connectivity index (χ1n) is 5.85. The molecule has 0 bridgehead atoms. The zero-order chi connectivity index (χ0) is 12.8. The van der Waals surface area contributed by atoms with Gasteiger partial charge in [-0.15, -0.1) is 0 Å². The Bertz CT molecular complexity index is 390. The van der Waals surface area contributed by atoms with Gasteiger partial charge in [0.2, 0.25) is 0 Å². The lowest BCUT2D eigenvalue weighted by Crippen LogP contribution is -2.07. The van der Waals surface area contributed by atoms with Gasteiger partial charge in [0.25, 0.3) is 0 Å². The summed E-state index contributed by atoms with van der Waals surface area (Å²) in [6.45, 7) is 3.76. The normalized spacial score (nSPS) is 10.5. The van der Waals surface area contributed by atoms with Crippen molar-refractivity contribution in [3.8, 4) is 0 Å². The van der Waals surface area contributed by atoms with Crippen molar-refractivity contribution >= 4 is 11.8 Å². The van der Waals surface area contributed by atoms with Crippen LogP contribution in [0.15, 0.2) is 24.3 Å². The van der Waals surface area contributed by atoms with Crippen molar-refractivity contribution in [1.82, 2.24) is 0 Å². The van der Waals surface area contributed by atoms with Crippen LogP contribution < -0.4 is 0 Å². The summed E-state index contributed by atoms with van der Waals surface area (Å²) < 4.78 is 0. The lowest BCUT2D eigenvalue weighted by atomic mass is 9.99. The number of aliphatic carboxylic acids is 1. The molecule has 3 heteroatoms. The van der Waals surface area contributed by atoms with Crippen LogP contribution in [-0.2, 0) is 11.2 Å². The summed E-state index contributed by atoms with van der Waals surface area (Å²) in [7, 11) is 0. The van der Waals surface area contributed by atoms with Crippen LogP contribution in [0.2, 0.25) is 0 Å². The number of benzene rings is 1. The fourth-order valence-electron chi connectivity index (χ4n) is 1.61. The van der Waals surface area contributed by atoms with E-state index < -0.39 is 5.97 Å². The molecular weight excluding hydrogens is 216 g/mol. The maximum atomic E-state index is 11.7. The minimum absolute atomic E-state index is 0.00728. The van der Waals surface area contributed by atoms with Gasteiger partial charge in [0.05, 0.1) is 0 Å². The maximum Gasteiger partial charge on any atom is 0.303 e. The summed E-state index contributed by atoms with van der Waals surface area (Å²) in [6.07, 6.45) is 1.56. The third-order valence-electron chi connectivity index (χ3n) is 2.62. The van der Waals surface area contributed by atoms with Gasteiger partial charge in [0.1, 0.15) is 0 Å². The molecule has 0 radical (unpaired) electrons. The molecule has 0 aliphatic carbocycles. The monoisotopic (exact) mass is 234 g/mol. The van der Waals surface area contributed by atoms with Crippen molar-refractivity contribution in [3.63, 3.8) is 0 Å². The van der Waals surface area contributed by atoms with E-state index in [1.807, 2.05) is 38.1 Å². The predicted molar refractivity (Wildman–Crippen MR) is 66.2 cm³/mol. The number of Topliss-reactive ketones (excluding diaryl/α,β-unsaturated/α-hetero) is 1. The van der Waals surface area contributed by atoms with Crippen LogP contribution >= 0.6 is 0 Å². The van der Waals surface area contributed by atoms with Crippen LogP contribution in [0.5, 0.6) is 0 Å². The van der Waals surface area contributed by atoms with Crippen LogP contribution in [0.25, 0.3) is 0 Å². The smallest absolute Gasteiger partial charge is 0.303 e. The highest BCUT2D eigenvalue weighted by atomic mass is 16.4. The second-order valence-corrected chi connectivity index (χ2v) is 4.46. The summed E-state index contributed by atoms with van der Waals surface area (Å²) in [5.74, 6) is -0.619. The molecule has 0 saturated heterocycles. The number of carbonyl (C=O) groups is 2. The summed E-state index contributed by atoms with van der Waals surface area (Å²) in [5.41, 5.74) is 1.80. The SMILES string of the molecule is CC(C)C(=O)c1ccc(CCCC(=O)O)cc1. The number of rotatable bonds is 6. The van der Waals surface area contributed by atoms with Gasteiger partial charge in [-0.2, -0.15) is 0 Å². The minimum atomic E-state index is -0.767. The Morgan fingerprint density at radius 2 is 1.76 bits per heavy atom. The molecule has 0 heterocycles. The molecule has 0 saturated carbocycles. The van der Waals surface area contributed by atoms with Crippen LogP contribution in [0.4, 0.5) is 0 Å². The Balaban J connectivity index is 2.56. The lowest BCUT2D eigenvalue weighted by Gasteiger charge is -2.05. The quantitative estimate of drug-likeness (QED) is 0.770. The van der Waals surface area contributed by atoms with E-state index in [0.29, 0.717) is 6.42 Å². The fourth-order valence-corrected chi connectivity index (χ4v) is 1.61. The highest BCUT2D eigenvalue weighted by Gasteiger charge is 2.09. The average Bonchev–Trinajstić information content (AvgIpc) is 2.28. The van der Waals surface area contributed by atoms with Crippen LogP contribution in [0.1, 0.15) is 42.6 Å². The molecule has 0 aliphatic rings. The summed E-state index contributed by atoms with van der Waals surface area (Å²) in [4.78, 5) is 22.0. The van der Waals surface area contributed by atoms with E-state index in [0.717, 1.165) is 17.5 Å². The van der Waals surface area contributed by atoms with Crippen molar-refractivity contribution in [3.05, 3.63) is 35.4 Å². The van der Waals surface area contributed by atoms with Crippen LogP contribution in [0, 0.1) is 5.92 Å². The molecule has 0 fully saturated rings. The third kappa shape index (κ3) is 4.39. The van der Waals surface area contributed by atoms with Gasteiger partial charge >= 0.3 is 5.97 Å². The van der Waals surface area contributed by atoms with Crippen LogP contribution in [-0.4, -0.2) is 16.9 Å². The highest BCUT2D eigenvalue weighted by molar-refractivity contribution is 5.97. The topological polar surface area (TPSA) is 54.4 Å². The number of hydrogen-bond donors (Lipinski definition) is 1. The summed E-state index contributed by atoms with van der Waals surface area (Å²) in [5, 5.41) is 8.52. The van der Waals surface area contributed by atoms with Gasteiger partial charge in [-0.05, 0) is 18.4 Å². The Kier molecular flexibility index (Phi) is 4.88. The standard InChI is InChI=1S/C14H18O3/c1-10(2)14(17)12-8-6-11(7-9-12)4-3-5-13(15)16/h6-10H,3-5H2,1-2H3,(H,15,16). The summed E-state index contributed by atoms with van der Waals surface area (Å²) in [6, 6.07) is 7.44. The van der Waals surface area contributed by atoms with Gasteiger partial charge in [-0.25, -0.2) is 0 Å². The van der Waals surface area contributed by atoms with E-state index in [4.69, 9.17) is 5.11 Å². The molecule has 17 heavy (non-hydrogen) atoms. The van der Waals surface area contributed by atoms with Crippen molar-refractivity contribution in [1.29, 1.82) is 0 Å². The van der Waals surface area contributed by atoms with E-state index >= 15 is 0 Å². The molecule has 0 amide bonds. The molecule has 0 atom stereocenters. The Hall–Kier alpha value is -1.64.